The number of aliphatic hydroxyl groups is 1. The third-order valence-electron chi connectivity index (χ3n) is 5.17. The normalized spacial score (nSPS) is 11.6. The van der Waals surface area contributed by atoms with E-state index in [9.17, 15) is 14.7 Å². The Morgan fingerprint density at radius 2 is 1.04 bits per heavy atom. The minimum Gasteiger partial charge on any atom is -0.374 e. The van der Waals surface area contributed by atoms with Crippen LogP contribution in [0.3, 0.4) is 0 Å². The van der Waals surface area contributed by atoms with Gasteiger partial charge < -0.3 is 5.11 Å². The number of aryl methyl sites for hydroxylation is 6. The fraction of sp³-hybridized carbons (Fsp3) is 0.417. The van der Waals surface area contributed by atoms with E-state index in [1.54, 1.807) is 0 Å². The highest BCUT2D eigenvalue weighted by atomic mass is 16.3. The van der Waals surface area contributed by atoms with Crippen molar-refractivity contribution in [1.29, 1.82) is 0 Å². The van der Waals surface area contributed by atoms with Crippen molar-refractivity contribution in [1.82, 2.24) is 0 Å². The summed E-state index contributed by atoms with van der Waals surface area (Å²) in [6.07, 6.45) is 0.631. The standard InChI is InChI=1S/C24H30O3/c1-8-9-24(27,22(25)20-16(4)10-14(2)11-17(20)5)23(26)21-18(6)12-15(3)13-19(21)7/h10-13,27H,8-9H2,1-7H3. The number of hydrogen-bond donors (Lipinski definition) is 1. The van der Waals surface area contributed by atoms with E-state index in [-0.39, 0.29) is 6.42 Å². The van der Waals surface area contributed by atoms with Crippen LogP contribution >= 0.6 is 0 Å². The molecule has 0 atom stereocenters. The third kappa shape index (κ3) is 3.89. The summed E-state index contributed by atoms with van der Waals surface area (Å²) in [6, 6.07) is 7.66. The molecule has 27 heavy (non-hydrogen) atoms. The monoisotopic (exact) mass is 366 g/mol. The molecule has 3 nitrogen and oxygen atoms in total. The number of rotatable bonds is 6. The molecule has 2 rings (SSSR count). The van der Waals surface area contributed by atoms with Gasteiger partial charge in [-0.3, -0.25) is 9.59 Å². The molecular weight excluding hydrogens is 336 g/mol. The molecule has 0 heterocycles. The zero-order valence-corrected chi connectivity index (χ0v) is 17.5. The molecule has 0 aliphatic rings. The summed E-state index contributed by atoms with van der Waals surface area (Å²) in [6.45, 7) is 13.2. The van der Waals surface area contributed by atoms with E-state index >= 15 is 0 Å². The molecule has 0 bridgehead atoms. The van der Waals surface area contributed by atoms with Crippen LogP contribution in [-0.2, 0) is 0 Å². The molecule has 0 aromatic heterocycles. The maximum Gasteiger partial charge on any atom is 0.202 e. The van der Waals surface area contributed by atoms with Gasteiger partial charge in [-0.15, -0.1) is 0 Å². The van der Waals surface area contributed by atoms with Gasteiger partial charge in [0.25, 0.3) is 0 Å². The molecule has 0 saturated carbocycles. The summed E-state index contributed by atoms with van der Waals surface area (Å²) in [5, 5.41) is 11.4. The molecule has 0 unspecified atom stereocenters. The van der Waals surface area contributed by atoms with Gasteiger partial charge in [0.05, 0.1) is 0 Å². The van der Waals surface area contributed by atoms with Gasteiger partial charge in [0.1, 0.15) is 0 Å². The van der Waals surface area contributed by atoms with Crippen LogP contribution in [0.5, 0.6) is 0 Å². The molecule has 2 aromatic carbocycles. The Morgan fingerprint density at radius 1 is 0.741 bits per heavy atom. The molecular formula is C24H30O3. The average Bonchev–Trinajstić information content (AvgIpc) is 2.52. The second-order valence-electron chi connectivity index (χ2n) is 7.82. The summed E-state index contributed by atoms with van der Waals surface area (Å²) in [7, 11) is 0. The van der Waals surface area contributed by atoms with Gasteiger partial charge in [-0.2, -0.15) is 0 Å². The minimum absolute atomic E-state index is 0.101. The van der Waals surface area contributed by atoms with Crippen molar-refractivity contribution in [2.75, 3.05) is 0 Å². The topological polar surface area (TPSA) is 54.4 Å². The molecule has 0 aliphatic carbocycles. The smallest absolute Gasteiger partial charge is 0.202 e. The van der Waals surface area contributed by atoms with Gasteiger partial charge in [-0.05, 0) is 70.2 Å². The zero-order chi connectivity index (χ0) is 20.5. The lowest BCUT2D eigenvalue weighted by Crippen LogP contribution is -2.47. The summed E-state index contributed by atoms with van der Waals surface area (Å²) in [5.74, 6) is -0.993. The van der Waals surface area contributed by atoms with Gasteiger partial charge in [0, 0.05) is 11.1 Å². The Bertz CT molecular complexity index is 790. The number of ketones is 2. The van der Waals surface area contributed by atoms with Gasteiger partial charge >= 0.3 is 0 Å². The molecule has 0 fully saturated rings. The molecule has 3 heteroatoms. The number of Topliss-reactive ketones (excluding diaryl/α,β-unsaturated/α-hetero) is 2. The summed E-state index contributed by atoms with van der Waals surface area (Å²) in [4.78, 5) is 26.9. The lowest BCUT2D eigenvalue weighted by molar-refractivity contribution is 0.0258. The summed E-state index contributed by atoms with van der Waals surface area (Å²) < 4.78 is 0. The molecule has 0 amide bonds. The summed E-state index contributed by atoms with van der Waals surface area (Å²) in [5.41, 5.74) is 4.11. The largest absolute Gasteiger partial charge is 0.374 e. The Kier molecular flexibility index (Phi) is 6.06. The van der Waals surface area contributed by atoms with E-state index in [1.165, 1.54) is 0 Å². The molecule has 2 aromatic rings. The summed E-state index contributed by atoms with van der Waals surface area (Å²) >= 11 is 0. The lowest BCUT2D eigenvalue weighted by atomic mass is 9.78. The maximum atomic E-state index is 13.4. The third-order valence-corrected chi connectivity index (χ3v) is 5.17. The fourth-order valence-corrected chi connectivity index (χ4v) is 4.18. The van der Waals surface area contributed by atoms with Crippen LogP contribution in [0, 0.1) is 41.5 Å². The first-order chi connectivity index (χ1) is 12.5. The van der Waals surface area contributed by atoms with E-state index < -0.39 is 17.2 Å². The first kappa shape index (κ1) is 21.0. The molecule has 0 radical (unpaired) electrons. The van der Waals surface area contributed by atoms with Crippen molar-refractivity contribution in [3.63, 3.8) is 0 Å². The van der Waals surface area contributed by atoms with E-state index in [4.69, 9.17) is 0 Å². The molecule has 144 valence electrons. The Labute approximate surface area is 162 Å². The highest BCUT2D eigenvalue weighted by molar-refractivity contribution is 6.23. The van der Waals surface area contributed by atoms with Crippen molar-refractivity contribution in [2.45, 2.75) is 66.9 Å². The Morgan fingerprint density at radius 3 is 1.30 bits per heavy atom. The van der Waals surface area contributed by atoms with Crippen molar-refractivity contribution >= 4 is 11.6 Å². The number of carbonyl (C=O) groups excluding carboxylic acids is 2. The quantitative estimate of drug-likeness (QED) is 0.569. The molecule has 0 saturated heterocycles. The number of benzene rings is 2. The van der Waals surface area contributed by atoms with Crippen molar-refractivity contribution in [2.24, 2.45) is 0 Å². The first-order valence-electron chi connectivity index (χ1n) is 9.50. The fourth-order valence-electron chi connectivity index (χ4n) is 4.18. The van der Waals surface area contributed by atoms with Gasteiger partial charge in [-0.1, -0.05) is 48.7 Å². The second kappa shape index (κ2) is 7.77. The van der Waals surface area contributed by atoms with Crippen LogP contribution in [0.2, 0.25) is 0 Å². The van der Waals surface area contributed by atoms with Crippen LogP contribution < -0.4 is 0 Å². The van der Waals surface area contributed by atoms with E-state index in [0.717, 1.165) is 33.4 Å². The van der Waals surface area contributed by atoms with Gasteiger partial charge in [0.2, 0.25) is 11.6 Å². The highest BCUT2D eigenvalue weighted by Gasteiger charge is 2.45. The van der Waals surface area contributed by atoms with Crippen LogP contribution in [-0.4, -0.2) is 22.3 Å². The molecule has 0 spiro atoms. The predicted molar refractivity (Wildman–Crippen MR) is 110 cm³/mol. The maximum absolute atomic E-state index is 13.4. The highest BCUT2D eigenvalue weighted by Crippen LogP contribution is 2.30. The Hall–Kier alpha value is -2.26. The van der Waals surface area contributed by atoms with E-state index in [0.29, 0.717) is 17.5 Å². The van der Waals surface area contributed by atoms with Crippen molar-refractivity contribution in [3.05, 3.63) is 68.8 Å². The predicted octanol–water partition coefficient (Wildman–Crippen LogP) is 5.13. The van der Waals surface area contributed by atoms with Crippen molar-refractivity contribution in [3.8, 4) is 0 Å². The number of carbonyl (C=O) groups is 2. The second-order valence-corrected chi connectivity index (χ2v) is 7.82. The first-order valence-corrected chi connectivity index (χ1v) is 9.50. The van der Waals surface area contributed by atoms with Crippen LogP contribution in [0.1, 0.15) is 73.9 Å². The van der Waals surface area contributed by atoms with Gasteiger partial charge in [-0.25, -0.2) is 0 Å². The van der Waals surface area contributed by atoms with E-state index in [2.05, 4.69) is 0 Å². The minimum atomic E-state index is -2.05. The van der Waals surface area contributed by atoms with Crippen molar-refractivity contribution < 1.29 is 14.7 Å². The zero-order valence-electron chi connectivity index (χ0n) is 17.5. The number of hydrogen-bond acceptors (Lipinski definition) is 3. The SMILES string of the molecule is CCCC(O)(C(=O)c1c(C)cc(C)cc1C)C(=O)c1c(C)cc(C)cc1C. The Balaban J connectivity index is 2.65. The van der Waals surface area contributed by atoms with Gasteiger partial charge in [0.15, 0.2) is 5.60 Å². The van der Waals surface area contributed by atoms with Crippen LogP contribution in [0.25, 0.3) is 0 Å². The van der Waals surface area contributed by atoms with Crippen LogP contribution in [0.15, 0.2) is 24.3 Å². The molecule has 0 aliphatic heterocycles. The lowest BCUT2D eigenvalue weighted by Gasteiger charge is -2.28. The van der Waals surface area contributed by atoms with E-state index in [1.807, 2.05) is 72.7 Å². The average molecular weight is 367 g/mol. The molecule has 1 N–H and O–H groups in total. The van der Waals surface area contributed by atoms with Crippen LogP contribution in [0.4, 0.5) is 0 Å².